The second-order valence-electron chi connectivity index (χ2n) is 6.76. The first-order valence-electron chi connectivity index (χ1n) is 9.30. The number of aromatic nitrogens is 2. The van der Waals surface area contributed by atoms with E-state index in [2.05, 4.69) is 31.0 Å². The van der Waals surface area contributed by atoms with Crippen LogP contribution in [-0.4, -0.2) is 22.1 Å². The van der Waals surface area contributed by atoms with E-state index < -0.39 is 0 Å². The van der Waals surface area contributed by atoms with Crippen molar-refractivity contribution >= 4 is 44.4 Å². The number of nitrogens with zero attached hydrogens (tertiary/aromatic N) is 3. The van der Waals surface area contributed by atoms with E-state index >= 15 is 0 Å². The summed E-state index contributed by atoms with van der Waals surface area (Å²) in [7, 11) is 0. The van der Waals surface area contributed by atoms with Crippen molar-refractivity contribution in [3.8, 4) is 0 Å². The molecule has 0 aliphatic carbocycles. The fourth-order valence-corrected chi connectivity index (χ4v) is 4.79. The van der Waals surface area contributed by atoms with Crippen molar-refractivity contribution in [2.75, 3.05) is 11.2 Å². The Morgan fingerprint density at radius 2 is 1.86 bits per heavy atom. The Labute approximate surface area is 178 Å². The lowest BCUT2D eigenvalue weighted by Crippen LogP contribution is -2.31. The maximum Gasteiger partial charge on any atom is 0.261 e. The van der Waals surface area contributed by atoms with Crippen LogP contribution in [-0.2, 0) is 6.54 Å². The molecule has 0 saturated carbocycles. The summed E-state index contributed by atoms with van der Waals surface area (Å²) in [4.78, 5) is 25.6. The highest BCUT2D eigenvalue weighted by molar-refractivity contribution is 7.98. The maximum atomic E-state index is 13.6. The predicted octanol–water partition coefficient (Wildman–Crippen LogP) is 5.88. The molecule has 0 saturated heterocycles. The number of aryl methyl sites for hydroxylation is 2. The highest BCUT2D eigenvalue weighted by Gasteiger charge is 2.24. The Kier molecular flexibility index (Phi) is 5.65. The van der Waals surface area contributed by atoms with Crippen molar-refractivity contribution in [3.63, 3.8) is 0 Å². The van der Waals surface area contributed by atoms with Crippen LogP contribution in [0.2, 0.25) is 0 Å². The van der Waals surface area contributed by atoms with E-state index in [1.54, 1.807) is 34.2 Å². The topological polar surface area (TPSA) is 46.1 Å². The number of carbonyl (C=O) groups is 1. The summed E-state index contributed by atoms with van der Waals surface area (Å²) in [6.45, 7) is 4.54. The molecule has 4 aromatic rings. The molecule has 0 spiro atoms. The number of pyridine rings is 1. The number of fused-ring (bicyclic) bond motifs is 1. The fraction of sp³-hybridized carbons (Fsp3) is 0.174. The third-order valence-electron chi connectivity index (χ3n) is 4.93. The average Bonchev–Trinajstić information content (AvgIpc) is 3.19. The molecule has 146 valence electrons. The second-order valence-corrected chi connectivity index (χ2v) is 8.62. The molecule has 0 N–H and O–H groups in total. The molecule has 4 nitrogen and oxygen atoms in total. The number of hydrogen-bond acceptors (Lipinski definition) is 5. The molecule has 0 aliphatic rings. The van der Waals surface area contributed by atoms with Gasteiger partial charge in [0.25, 0.3) is 5.91 Å². The fourth-order valence-electron chi connectivity index (χ4n) is 3.18. The minimum absolute atomic E-state index is 0.0611. The molecule has 0 aliphatic heterocycles. The molecule has 0 atom stereocenters. The Morgan fingerprint density at radius 1 is 1.07 bits per heavy atom. The lowest BCUT2D eigenvalue weighted by Gasteiger charge is -2.20. The number of thiazole rings is 1. The highest BCUT2D eigenvalue weighted by Crippen LogP contribution is 2.34. The van der Waals surface area contributed by atoms with Crippen LogP contribution in [0.25, 0.3) is 10.2 Å². The molecular formula is C23H21N3OS2. The lowest BCUT2D eigenvalue weighted by molar-refractivity contribution is 0.0982. The second kappa shape index (κ2) is 8.35. The van der Waals surface area contributed by atoms with E-state index in [9.17, 15) is 4.79 Å². The van der Waals surface area contributed by atoms with E-state index in [-0.39, 0.29) is 5.91 Å². The van der Waals surface area contributed by atoms with Crippen LogP contribution in [0, 0.1) is 13.8 Å². The molecule has 2 aromatic carbocycles. The highest BCUT2D eigenvalue weighted by atomic mass is 32.2. The maximum absolute atomic E-state index is 13.6. The zero-order valence-electron chi connectivity index (χ0n) is 16.5. The minimum Gasteiger partial charge on any atom is -0.278 e. The van der Waals surface area contributed by atoms with Gasteiger partial charge in [0.05, 0.1) is 28.0 Å². The number of thioether (sulfide) groups is 1. The molecular weight excluding hydrogens is 398 g/mol. The van der Waals surface area contributed by atoms with Crippen LogP contribution in [0.5, 0.6) is 0 Å². The number of carbonyl (C=O) groups excluding carboxylic acids is 1. The summed E-state index contributed by atoms with van der Waals surface area (Å²) in [6, 6.07) is 17.6. The van der Waals surface area contributed by atoms with Gasteiger partial charge in [-0.25, -0.2) is 4.98 Å². The summed E-state index contributed by atoms with van der Waals surface area (Å²) in [5, 5.41) is 0.695. The molecule has 29 heavy (non-hydrogen) atoms. The smallest absolute Gasteiger partial charge is 0.261 e. The first-order valence-corrected chi connectivity index (χ1v) is 11.3. The average molecular weight is 420 g/mol. The van der Waals surface area contributed by atoms with Crippen molar-refractivity contribution in [1.29, 1.82) is 0 Å². The van der Waals surface area contributed by atoms with Gasteiger partial charge in [-0.15, -0.1) is 11.8 Å². The third kappa shape index (κ3) is 3.91. The minimum atomic E-state index is -0.0611. The van der Waals surface area contributed by atoms with E-state index in [1.165, 1.54) is 5.56 Å². The molecule has 4 rings (SSSR count). The summed E-state index contributed by atoms with van der Waals surface area (Å²) in [5.41, 5.74) is 4.82. The SMILES string of the molecule is CSc1ccccc1C(=O)N(Cc1ccccn1)c1nc2c(C)c(C)ccc2s1. The lowest BCUT2D eigenvalue weighted by atomic mass is 10.1. The van der Waals surface area contributed by atoms with Gasteiger partial charge in [0, 0.05) is 11.1 Å². The molecule has 0 unspecified atom stereocenters. The van der Waals surface area contributed by atoms with Gasteiger partial charge in [-0.1, -0.05) is 35.6 Å². The molecule has 6 heteroatoms. The third-order valence-corrected chi connectivity index (χ3v) is 6.77. The molecule has 2 aromatic heterocycles. The summed E-state index contributed by atoms with van der Waals surface area (Å²) in [6.07, 6.45) is 3.73. The Morgan fingerprint density at radius 3 is 2.62 bits per heavy atom. The van der Waals surface area contributed by atoms with Crippen molar-refractivity contribution in [3.05, 3.63) is 83.2 Å². The van der Waals surface area contributed by atoms with Crippen LogP contribution in [0.3, 0.4) is 0 Å². The molecule has 1 amide bonds. The van der Waals surface area contributed by atoms with Gasteiger partial charge in [-0.05, 0) is 61.6 Å². The Balaban J connectivity index is 1.82. The first kappa shape index (κ1) is 19.6. The van der Waals surface area contributed by atoms with E-state index in [0.29, 0.717) is 17.2 Å². The van der Waals surface area contributed by atoms with Gasteiger partial charge >= 0.3 is 0 Å². The van der Waals surface area contributed by atoms with Crippen LogP contribution < -0.4 is 4.90 Å². The van der Waals surface area contributed by atoms with Crippen LogP contribution in [0.1, 0.15) is 27.2 Å². The monoisotopic (exact) mass is 419 g/mol. The van der Waals surface area contributed by atoms with Gasteiger partial charge in [0.1, 0.15) is 0 Å². The normalized spacial score (nSPS) is 11.0. The number of rotatable bonds is 5. The quantitative estimate of drug-likeness (QED) is 0.379. The van der Waals surface area contributed by atoms with Gasteiger partial charge in [0.15, 0.2) is 5.13 Å². The molecule has 0 bridgehead atoms. The number of hydrogen-bond donors (Lipinski definition) is 0. The van der Waals surface area contributed by atoms with Crippen molar-refractivity contribution < 1.29 is 4.79 Å². The van der Waals surface area contributed by atoms with Crippen molar-refractivity contribution in [1.82, 2.24) is 9.97 Å². The Hall–Kier alpha value is -2.70. The van der Waals surface area contributed by atoms with Crippen molar-refractivity contribution in [2.24, 2.45) is 0 Å². The van der Waals surface area contributed by atoms with E-state index in [1.807, 2.05) is 48.7 Å². The standard InChI is InChI=1S/C23H21N3OS2/c1-15-11-12-20-21(16(15)2)25-23(29-20)26(14-17-8-6-7-13-24-17)22(27)18-9-4-5-10-19(18)28-3/h4-13H,14H2,1-3H3. The molecule has 0 radical (unpaired) electrons. The van der Waals surface area contributed by atoms with Crippen LogP contribution >= 0.6 is 23.1 Å². The molecule has 2 heterocycles. The van der Waals surface area contributed by atoms with Gasteiger partial charge in [-0.3, -0.25) is 14.7 Å². The number of benzene rings is 2. The zero-order chi connectivity index (χ0) is 20.4. The zero-order valence-corrected chi connectivity index (χ0v) is 18.2. The summed E-state index contributed by atoms with van der Waals surface area (Å²) in [5.74, 6) is -0.0611. The Bertz CT molecular complexity index is 1170. The van der Waals surface area contributed by atoms with Crippen LogP contribution in [0.15, 0.2) is 65.7 Å². The van der Waals surface area contributed by atoms with Crippen molar-refractivity contribution in [2.45, 2.75) is 25.3 Å². The summed E-state index contributed by atoms with van der Waals surface area (Å²) >= 11 is 3.12. The van der Waals surface area contributed by atoms with E-state index in [4.69, 9.17) is 4.98 Å². The van der Waals surface area contributed by atoms with Gasteiger partial charge in [0.2, 0.25) is 0 Å². The van der Waals surface area contributed by atoms with Gasteiger partial charge in [-0.2, -0.15) is 0 Å². The summed E-state index contributed by atoms with van der Waals surface area (Å²) < 4.78 is 1.08. The number of anilines is 1. The predicted molar refractivity (Wildman–Crippen MR) is 122 cm³/mol. The largest absolute Gasteiger partial charge is 0.278 e. The van der Waals surface area contributed by atoms with Gasteiger partial charge < -0.3 is 0 Å². The van der Waals surface area contributed by atoms with Crippen LogP contribution in [0.4, 0.5) is 5.13 Å². The van der Waals surface area contributed by atoms with E-state index in [0.717, 1.165) is 26.4 Å². The molecule has 0 fully saturated rings. The number of amides is 1. The first-order chi connectivity index (χ1) is 14.1.